The van der Waals surface area contributed by atoms with Crippen LogP contribution < -0.4 is 10.6 Å². The van der Waals surface area contributed by atoms with E-state index in [1.54, 1.807) is 0 Å². The molecule has 138 valence electrons. The number of benzene rings is 2. The summed E-state index contributed by atoms with van der Waals surface area (Å²) in [5.74, 6) is 0.191. The molecule has 2 aromatic carbocycles. The maximum Gasteiger partial charge on any atom is 0.251 e. The van der Waals surface area contributed by atoms with Gasteiger partial charge in [0.25, 0.3) is 5.91 Å². The molecular weight excluding hydrogens is 338 g/mol. The maximum absolute atomic E-state index is 12.5. The van der Waals surface area contributed by atoms with E-state index in [1.165, 1.54) is 5.56 Å². The zero-order chi connectivity index (χ0) is 19.0. The van der Waals surface area contributed by atoms with Crippen LogP contribution in [0.4, 0.5) is 5.69 Å². The Hall–Kier alpha value is -3.08. The van der Waals surface area contributed by atoms with Crippen molar-refractivity contribution in [2.45, 2.75) is 33.2 Å². The predicted octanol–water partition coefficient (Wildman–Crippen LogP) is 4.06. The van der Waals surface area contributed by atoms with Crippen molar-refractivity contribution >= 4 is 28.4 Å². The third-order valence-corrected chi connectivity index (χ3v) is 5.19. The Labute approximate surface area is 158 Å². The number of amides is 2. The predicted molar refractivity (Wildman–Crippen MR) is 107 cm³/mol. The van der Waals surface area contributed by atoms with Crippen molar-refractivity contribution in [3.8, 4) is 0 Å². The Balaban J connectivity index is 1.38. The first-order valence-electron chi connectivity index (χ1n) is 9.28. The Morgan fingerprint density at radius 2 is 1.81 bits per heavy atom. The highest BCUT2D eigenvalue weighted by Crippen LogP contribution is 2.30. The molecule has 1 saturated carbocycles. The van der Waals surface area contributed by atoms with E-state index >= 15 is 0 Å². The molecule has 0 unspecified atom stereocenters. The minimum absolute atomic E-state index is 0.0961. The molecule has 0 spiro atoms. The molecule has 3 aromatic rings. The van der Waals surface area contributed by atoms with Crippen LogP contribution in [0.2, 0.25) is 0 Å². The van der Waals surface area contributed by atoms with E-state index < -0.39 is 0 Å². The highest BCUT2D eigenvalue weighted by Gasteiger charge is 2.29. The van der Waals surface area contributed by atoms with E-state index in [4.69, 9.17) is 0 Å². The zero-order valence-corrected chi connectivity index (χ0v) is 15.6. The molecule has 1 aliphatic carbocycles. The SMILES string of the molecule is Cc1[nH]c2ccc(C(=O)NCc3ccc(NC(=O)C4CC4)cc3)cc2c1C. The number of aryl methyl sites for hydroxylation is 2. The lowest BCUT2D eigenvalue weighted by molar-refractivity contribution is -0.117. The fourth-order valence-corrected chi connectivity index (χ4v) is 3.18. The second kappa shape index (κ2) is 6.91. The van der Waals surface area contributed by atoms with Crippen LogP contribution in [-0.2, 0) is 11.3 Å². The minimum Gasteiger partial charge on any atom is -0.358 e. The molecular formula is C22H23N3O2. The number of H-pyrrole nitrogens is 1. The molecule has 27 heavy (non-hydrogen) atoms. The van der Waals surface area contributed by atoms with Gasteiger partial charge in [0.2, 0.25) is 5.91 Å². The number of aromatic nitrogens is 1. The highest BCUT2D eigenvalue weighted by atomic mass is 16.2. The van der Waals surface area contributed by atoms with Crippen LogP contribution in [0.5, 0.6) is 0 Å². The first kappa shape index (κ1) is 17.3. The quantitative estimate of drug-likeness (QED) is 0.641. The van der Waals surface area contributed by atoms with Crippen molar-refractivity contribution in [1.82, 2.24) is 10.3 Å². The van der Waals surface area contributed by atoms with Crippen LogP contribution in [0.3, 0.4) is 0 Å². The van der Waals surface area contributed by atoms with Gasteiger partial charge < -0.3 is 15.6 Å². The van der Waals surface area contributed by atoms with Crippen LogP contribution >= 0.6 is 0 Å². The second-order valence-corrected chi connectivity index (χ2v) is 7.28. The summed E-state index contributed by atoms with van der Waals surface area (Å²) in [6.07, 6.45) is 1.98. The van der Waals surface area contributed by atoms with Gasteiger partial charge in [-0.1, -0.05) is 12.1 Å². The average molecular weight is 361 g/mol. The first-order valence-corrected chi connectivity index (χ1v) is 9.28. The fraction of sp³-hybridized carbons (Fsp3) is 0.273. The molecule has 1 aliphatic rings. The largest absolute Gasteiger partial charge is 0.358 e. The van der Waals surface area contributed by atoms with Crippen LogP contribution in [0.15, 0.2) is 42.5 Å². The van der Waals surface area contributed by atoms with Gasteiger partial charge in [0.1, 0.15) is 0 Å². The Kier molecular flexibility index (Phi) is 4.44. The van der Waals surface area contributed by atoms with Crippen LogP contribution in [0, 0.1) is 19.8 Å². The molecule has 1 heterocycles. The van der Waals surface area contributed by atoms with Gasteiger partial charge in [0.15, 0.2) is 0 Å². The third kappa shape index (κ3) is 3.72. The second-order valence-electron chi connectivity index (χ2n) is 7.28. The normalized spacial score (nSPS) is 13.6. The molecule has 5 heteroatoms. The van der Waals surface area contributed by atoms with Crippen molar-refractivity contribution in [2.24, 2.45) is 5.92 Å². The number of anilines is 1. The number of aromatic amines is 1. The first-order chi connectivity index (χ1) is 13.0. The van der Waals surface area contributed by atoms with E-state index in [9.17, 15) is 9.59 Å². The van der Waals surface area contributed by atoms with Gasteiger partial charge in [-0.25, -0.2) is 0 Å². The van der Waals surface area contributed by atoms with Crippen LogP contribution in [-0.4, -0.2) is 16.8 Å². The molecule has 3 N–H and O–H groups in total. The van der Waals surface area contributed by atoms with Crippen LogP contribution in [0.1, 0.15) is 40.0 Å². The van der Waals surface area contributed by atoms with Gasteiger partial charge in [0.05, 0.1) is 0 Å². The molecule has 0 bridgehead atoms. The van der Waals surface area contributed by atoms with Gasteiger partial charge in [-0.2, -0.15) is 0 Å². The lowest BCUT2D eigenvalue weighted by Crippen LogP contribution is -2.22. The van der Waals surface area contributed by atoms with Gasteiger partial charge in [-0.15, -0.1) is 0 Å². The summed E-state index contributed by atoms with van der Waals surface area (Å²) in [5.41, 5.74) is 5.77. The molecule has 5 nitrogen and oxygen atoms in total. The number of hydrogen-bond donors (Lipinski definition) is 3. The van der Waals surface area contributed by atoms with E-state index in [1.807, 2.05) is 49.4 Å². The smallest absolute Gasteiger partial charge is 0.251 e. The van der Waals surface area contributed by atoms with E-state index in [0.717, 1.165) is 40.7 Å². The van der Waals surface area contributed by atoms with Gasteiger partial charge in [0, 0.05) is 40.3 Å². The summed E-state index contributed by atoms with van der Waals surface area (Å²) in [7, 11) is 0. The van der Waals surface area contributed by atoms with Gasteiger partial charge in [-0.3, -0.25) is 9.59 Å². The Bertz CT molecular complexity index is 1010. The van der Waals surface area contributed by atoms with Crippen molar-refractivity contribution in [3.63, 3.8) is 0 Å². The molecule has 4 rings (SSSR count). The average Bonchev–Trinajstić information content (AvgIpc) is 3.48. The summed E-state index contributed by atoms with van der Waals surface area (Å²) in [4.78, 5) is 27.6. The molecule has 0 saturated heterocycles. The lowest BCUT2D eigenvalue weighted by Gasteiger charge is -2.08. The molecule has 2 amide bonds. The van der Waals surface area contributed by atoms with Crippen molar-refractivity contribution < 1.29 is 9.59 Å². The highest BCUT2D eigenvalue weighted by molar-refractivity contribution is 5.99. The van der Waals surface area contributed by atoms with E-state index in [2.05, 4.69) is 22.5 Å². The molecule has 0 radical (unpaired) electrons. The Morgan fingerprint density at radius 1 is 1.07 bits per heavy atom. The van der Waals surface area contributed by atoms with E-state index in [-0.39, 0.29) is 17.7 Å². The van der Waals surface area contributed by atoms with Gasteiger partial charge >= 0.3 is 0 Å². The molecule has 1 fully saturated rings. The Morgan fingerprint density at radius 3 is 2.52 bits per heavy atom. The summed E-state index contributed by atoms with van der Waals surface area (Å²) < 4.78 is 0. The topological polar surface area (TPSA) is 74.0 Å². The zero-order valence-electron chi connectivity index (χ0n) is 15.6. The number of carbonyl (C=O) groups is 2. The number of fused-ring (bicyclic) bond motifs is 1. The van der Waals surface area contributed by atoms with E-state index in [0.29, 0.717) is 12.1 Å². The fourth-order valence-electron chi connectivity index (χ4n) is 3.18. The summed E-state index contributed by atoms with van der Waals surface area (Å²) >= 11 is 0. The summed E-state index contributed by atoms with van der Waals surface area (Å²) in [6.45, 7) is 4.53. The van der Waals surface area contributed by atoms with Crippen molar-refractivity contribution in [1.29, 1.82) is 0 Å². The van der Waals surface area contributed by atoms with Crippen molar-refractivity contribution in [3.05, 3.63) is 64.8 Å². The minimum atomic E-state index is -0.0961. The number of rotatable bonds is 5. The maximum atomic E-state index is 12.5. The molecule has 0 atom stereocenters. The lowest BCUT2D eigenvalue weighted by atomic mass is 10.1. The number of nitrogens with one attached hydrogen (secondary N) is 3. The monoisotopic (exact) mass is 361 g/mol. The number of hydrogen-bond acceptors (Lipinski definition) is 2. The standard InChI is InChI=1S/C22H23N3O2/c1-13-14(2)24-20-10-7-17(11-19(13)20)21(26)23-12-15-3-8-18(9-4-15)25-22(27)16-5-6-16/h3-4,7-11,16,24H,5-6,12H2,1-2H3,(H,23,26)(H,25,27). The number of carbonyl (C=O) groups excluding carboxylic acids is 2. The molecule has 0 aliphatic heterocycles. The third-order valence-electron chi connectivity index (χ3n) is 5.19. The van der Waals surface area contributed by atoms with Crippen molar-refractivity contribution in [2.75, 3.05) is 5.32 Å². The van der Waals surface area contributed by atoms with Crippen LogP contribution in [0.25, 0.3) is 10.9 Å². The van der Waals surface area contributed by atoms with Gasteiger partial charge in [-0.05, 0) is 68.1 Å². The molecule has 1 aromatic heterocycles. The summed E-state index contributed by atoms with van der Waals surface area (Å²) in [6, 6.07) is 13.3. The summed E-state index contributed by atoms with van der Waals surface area (Å²) in [5, 5.41) is 6.95.